The van der Waals surface area contributed by atoms with Gasteiger partial charge in [-0.1, -0.05) is 13.8 Å². The van der Waals surface area contributed by atoms with Gasteiger partial charge in [-0.15, -0.1) is 11.3 Å². The Morgan fingerprint density at radius 1 is 1.40 bits per heavy atom. The summed E-state index contributed by atoms with van der Waals surface area (Å²) < 4.78 is 29.5. The fourth-order valence-corrected chi connectivity index (χ4v) is 4.58. The minimum absolute atomic E-state index is 0.117. The molecule has 1 atom stereocenters. The molecule has 2 N–H and O–H groups in total. The molecule has 0 amide bonds. The number of hydrogen-bond donors (Lipinski definition) is 2. The molecule has 0 saturated carbocycles. The van der Waals surface area contributed by atoms with Crippen molar-refractivity contribution in [2.45, 2.75) is 38.3 Å². The summed E-state index contributed by atoms with van der Waals surface area (Å²) >= 11 is 1.40. The maximum Gasteiger partial charge on any atom is 0.260 e. The third kappa shape index (κ3) is 2.97. The molecule has 0 fully saturated rings. The Bertz CT molecular complexity index is 687. The number of rotatable bonds is 6. The third-order valence-corrected chi connectivity index (χ3v) is 5.26. The highest BCUT2D eigenvalue weighted by Crippen LogP contribution is 2.25. The van der Waals surface area contributed by atoms with Crippen molar-refractivity contribution >= 4 is 32.1 Å². The van der Waals surface area contributed by atoms with Gasteiger partial charge in [0.1, 0.15) is 0 Å². The molecule has 20 heavy (non-hydrogen) atoms. The topological polar surface area (TPSA) is 75.5 Å². The van der Waals surface area contributed by atoms with Crippen molar-refractivity contribution in [3.8, 4) is 0 Å². The molecule has 0 aliphatic rings. The molecular weight excluding hydrogens is 296 g/mol. The number of thiazole rings is 1. The predicted octanol–water partition coefficient (Wildman–Crippen LogP) is 2.15. The minimum Gasteiger partial charge on any atom is -0.371 e. The molecule has 6 nitrogen and oxygen atoms in total. The number of imidazole rings is 1. The summed E-state index contributed by atoms with van der Waals surface area (Å²) in [5.41, 5.74) is 0. The van der Waals surface area contributed by atoms with E-state index in [0.29, 0.717) is 16.7 Å². The van der Waals surface area contributed by atoms with Crippen LogP contribution in [0.25, 0.3) is 4.96 Å². The van der Waals surface area contributed by atoms with Crippen LogP contribution in [0.15, 0.2) is 16.6 Å². The van der Waals surface area contributed by atoms with Crippen LogP contribution in [0.5, 0.6) is 0 Å². The van der Waals surface area contributed by atoms with Crippen LogP contribution in [-0.2, 0) is 10.0 Å². The zero-order valence-corrected chi connectivity index (χ0v) is 13.7. The Kier molecular flexibility index (Phi) is 4.36. The molecular formula is C12H20N4O2S2. The van der Waals surface area contributed by atoms with Gasteiger partial charge in [0, 0.05) is 24.7 Å². The van der Waals surface area contributed by atoms with Crippen LogP contribution in [0, 0.1) is 5.92 Å². The summed E-state index contributed by atoms with van der Waals surface area (Å²) in [7, 11) is -1.94. The molecule has 1 unspecified atom stereocenters. The molecule has 2 rings (SSSR count). The molecule has 0 bridgehead atoms. The van der Waals surface area contributed by atoms with Gasteiger partial charge in [0.15, 0.2) is 15.8 Å². The van der Waals surface area contributed by atoms with Crippen molar-refractivity contribution in [1.29, 1.82) is 0 Å². The first-order valence-corrected chi connectivity index (χ1v) is 8.87. The van der Waals surface area contributed by atoms with Gasteiger partial charge in [-0.3, -0.25) is 4.40 Å². The van der Waals surface area contributed by atoms with E-state index >= 15 is 0 Å². The van der Waals surface area contributed by atoms with E-state index in [1.54, 1.807) is 17.6 Å². The molecule has 0 saturated heterocycles. The second-order valence-electron chi connectivity index (χ2n) is 5.22. The highest BCUT2D eigenvalue weighted by atomic mass is 32.2. The summed E-state index contributed by atoms with van der Waals surface area (Å²) in [6, 6.07) is -0.117. The average Bonchev–Trinajstić information content (AvgIpc) is 2.84. The highest BCUT2D eigenvalue weighted by molar-refractivity contribution is 7.89. The number of nitrogens with one attached hydrogen (secondary N) is 2. The Labute approximate surface area is 123 Å². The first-order valence-electron chi connectivity index (χ1n) is 6.50. The lowest BCUT2D eigenvalue weighted by Crippen LogP contribution is -2.34. The Balaban J connectivity index is 2.38. The first kappa shape index (κ1) is 15.3. The van der Waals surface area contributed by atoms with Crippen LogP contribution in [0.1, 0.15) is 27.2 Å². The molecule has 0 aliphatic heterocycles. The Morgan fingerprint density at radius 3 is 2.70 bits per heavy atom. The van der Waals surface area contributed by atoms with Crippen molar-refractivity contribution in [1.82, 2.24) is 14.1 Å². The second-order valence-corrected chi connectivity index (χ2v) is 7.73. The lowest BCUT2D eigenvalue weighted by atomic mass is 10.1. The molecule has 0 aromatic carbocycles. The van der Waals surface area contributed by atoms with Crippen molar-refractivity contribution in [3.63, 3.8) is 0 Å². The van der Waals surface area contributed by atoms with Crippen LogP contribution in [0.2, 0.25) is 0 Å². The number of anilines is 1. The number of nitrogens with zero attached hydrogens (tertiary/aromatic N) is 2. The maximum absolute atomic E-state index is 12.6. The monoisotopic (exact) mass is 316 g/mol. The minimum atomic E-state index is -3.61. The van der Waals surface area contributed by atoms with Crippen molar-refractivity contribution in [2.24, 2.45) is 5.92 Å². The van der Waals surface area contributed by atoms with E-state index in [4.69, 9.17) is 0 Å². The van der Waals surface area contributed by atoms with E-state index in [1.807, 2.05) is 12.3 Å². The maximum atomic E-state index is 12.6. The van der Waals surface area contributed by atoms with Gasteiger partial charge in [-0.2, -0.15) is 0 Å². The Morgan fingerprint density at radius 2 is 2.10 bits per heavy atom. The highest BCUT2D eigenvalue weighted by Gasteiger charge is 2.27. The summed E-state index contributed by atoms with van der Waals surface area (Å²) in [5.74, 6) is 0.809. The van der Waals surface area contributed by atoms with Gasteiger partial charge in [0.2, 0.25) is 0 Å². The standard InChI is InChI=1S/C12H20N4O2S2/c1-8(2)7-9(3)15-20(17,18)11-10(13-4)14-12-16(11)5-6-19-12/h5-6,8-9,13,15H,7H2,1-4H3. The van der Waals surface area contributed by atoms with Crippen LogP contribution < -0.4 is 10.0 Å². The SMILES string of the molecule is CNc1nc2sccn2c1S(=O)(=O)NC(C)CC(C)C. The molecule has 112 valence electrons. The first-order chi connectivity index (χ1) is 9.35. The van der Waals surface area contributed by atoms with E-state index in [-0.39, 0.29) is 11.1 Å². The quantitative estimate of drug-likeness (QED) is 0.856. The molecule has 2 aromatic heterocycles. The van der Waals surface area contributed by atoms with Gasteiger partial charge < -0.3 is 5.32 Å². The number of hydrogen-bond acceptors (Lipinski definition) is 5. The fourth-order valence-electron chi connectivity index (χ4n) is 2.26. The largest absolute Gasteiger partial charge is 0.371 e. The lowest BCUT2D eigenvalue weighted by Gasteiger charge is -2.16. The molecule has 0 spiro atoms. The second kappa shape index (κ2) is 5.71. The molecule has 2 heterocycles. The summed E-state index contributed by atoms with van der Waals surface area (Å²) in [6.45, 7) is 6.02. The molecule has 8 heteroatoms. The number of fused-ring (bicyclic) bond motifs is 1. The number of aromatic nitrogens is 2. The van der Waals surface area contributed by atoms with Crippen LogP contribution >= 0.6 is 11.3 Å². The summed E-state index contributed by atoms with van der Waals surface area (Å²) in [5, 5.41) is 4.84. The van der Waals surface area contributed by atoms with Crippen LogP contribution in [0.3, 0.4) is 0 Å². The smallest absolute Gasteiger partial charge is 0.260 e. The van der Waals surface area contributed by atoms with Gasteiger partial charge in [0.25, 0.3) is 10.0 Å². The summed E-state index contributed by atoms with van der Waals surface area (Å²) in [6.07, 6.45) is 2.51. The van der Waals surface area contributed by atoms with Gasteiger partial charge in [0.05, 0.1) is 0 Å². The molecule has 0 radical (unpaired) electrons. The van der Waals surface area contributed by atoms with E-state index < -0.39 is 10.0 Å². The van der Waals surface area contributed by atoms with Crippen molar-refractivity contribution in [3.05, 3.63) is 11.6 Å². The van der Waals surface area contributed by atoms with E-state index in [2.05, 4.69) is 28.9 Å². The van der Waals surface area contributed by atoms with Gasteiger partial charge in [-0.05, 0) is 19.3 Å². The normalized spacial score (nSPS) is 14.1. The molecule has 0 aliphatic carbocycles. The Hall–Kier alpha value is -1.12. The number of sulfonamides is 1. The van der Waals surface area contributed by atoms with E-state index in [0.717, 1.165) is 6.42 Å². The van der Waals surface area contributed by atoms with Crippen molar-refractivity contribution < 1.29 is 8.42 Å². The predicted molar refractivity (Wildman–Crippen MR) is 81.9 cm³/mol. The van der Waals surface area contributed by atoms with E-state index in [1.165, 1.54) is 11.3 Å². The van der Waals surface area contributed by atoms with Crippen LogP contribution in [0.4, 0.5) is 5.82 Å². The van der Waals surface area contributed by atoms with E-state index in [9.17, 15) is 8.42 Å². The van der Waals surface area contributed by atoms with Gasteiger partial charge >= 0.3 is 0 Å². The molecule has 2 aromatic rings. The van der Waals surface area contributed by atoms with Crippen molar-refractivity contribution in [2.75, 3.05) is 12.4 Å². The fraction of sp³-hybridized carbons (Fsp3) is 0.583. The average molecular weight is 316 g/mol. The van der Waals surface area contributed by atoms with Gasteiger partial charge in [-0.25, -0.2) is 18.1 Å². The summed E-state index contributed by atoms with van der Waals surface area (Å²) in [4.78, 5) is 4.94. The zero-order valence-electron chi connectivity index (χ0n) is 12.0. The third-order valence-electron chi connectivity index (χ3n) is 2.89. The lowest BCUT2D eigenvalue weighted by molar-refractivity contribution is 0.481. The van der Waals surface area contributed by atoms with Crippen LogP contribution in [-0.4, -0.2) is 30.9 Å². The zero-order chi connectivity index (χ0) is 14.9.